The zero-order valence-corrected chi connectivity index (χ0v) is 15.1. The van der Waals surface area contributed by atoms with Crippen LogP contribution in [0.3, 0.4) is 0 Å². The molecule has 1 aromatic rings. The van der Waals surface area contributed by atoms with Crippen molar-refractivity contribution in [1.29, 1.82) is 0 Å². The molecule has 7 heteroatoms. The molecule has 2 N–H and O–H groups in total. The van der Waals surface area contributed by atoms with Crippen LogP contribution in [0.15, 0.2) is 24.3 Å². The second-order valence-electron chi connectivity index (χ2n) is 7.15. The number of amides is 3. The maximum Gasteiger partial charge on any atom is 0.410 e. The Morgan fingerprint density at radius 2 is 1.96 bits per heavy atom. The van der Waals surface area contributed by atoms with E-state index in [9.17, 15) is 14.4 Å². The predicted octanol–water partition coefficient (Wildman–Crippen LogP) is 3.02. The number of carbonyl (C=O) groups is 3. The van der Waals surface area contributed by atoms with Crippen LogP contribution in [0.5, 0.6) is 0 Å². The number of ether oxygens (including phenoxy) is 1. The number of nitrogens with one attached hydrogen (secondary N) is 2. The quantitative estimate of drug-likeness (QED) is 0.823. The van der Waals surface area contributed by atoms with Gasteiger partial charge in [-0.3, -0.25) is 4.79 Å². The highest BCUT2D eigenvalue weighted by Crippen LogP contribution is 2.16. The highest BCUT2D eigenvalue weighted by Gasteiger charge is 2.30. The molecule has 1 atom stereocenters. The lowest BCUT2D eigenvalue weighted by Crippen LogP contribution is -2.41. The molecule has 25 heavy (non-hydrogen) atoms. The van der Waals surface area contributed by atoms with Crippen molar-refractivity contribution in [3.8, 4) is 0 Å². The van der Waals surface area contributed by atoms with Gasteiger partial charge in [-0.2, -0.15) is 0 Å². The molecule has 136 valence electrons. The van der Waals surface area contributed by atoms with E-state index in [4.69, 9.17) is 4.74 Å². The Bertz CT molecular complexity index is 667. The third-order valence-electron chi connectivity index (χ3n) is 3.70. The molecule has 0 bridgehead atoms. The van der Waals surface area contributed by atoms with E-state index < -0.39 is 5.60 Å². The maximum absolute atomic E-state index is 12.1. The van der Waals surface area contributed by atoms with E-state index in [1.807, 2.05) is 20.8 Å². The van der Waals surface area contributed by atoms with E-state index in [0.717, 1.165) is 0 Å². The molecule has 0 saturated carbocycles. The average Bonchev–Trinajstić information content (AvgIpc) is 2.94. The van der Waals surface area contributed by atoms with Gasteiger partial charge >= 0.3 is 12.1 Å². The van der Waals surface area contributed by atoms with Crippen LogP contribution < -0.4 is 10.6 Å². The largest absolute Gasteiger partial charge is 0.444 e. The first kappa shape index (κ1) is 18.8. The standard InChI is InChI=1S/C18H25N3O4/c1-12(22)13-6-5-7-14(10-13)19-16(23)20-15-8-9-21(11-15)17(24)25-18(2,3)4/h5-7,10,15H,8-9,11H2,1-4H3,(H2,19,20,23)/t15-/m1/s1. The molecule has 1 aliphatic rings. The van der Waals surface area contributed by atoms with Gasteiger partial charge in [0.05, 0.1) is 0 Å². The minimum Gasteiger partial charge on any atom is -0.444 e. The van der Waals surface area contributed by atoms with Crippen LogP contribution >= 0.6 is 0 Å². The Hall–Kier alpha value is -2.57. The molecule has 1 fully saturated rings. The smallest absolute Gasteiger partial charge is 0.410 e. The molecule has 0 radical (unpaired) electrons. The van der Waals surface area contributed by atoms with Crippen molar-refractivity contribution < 1.29 is 19.1 Å². The summed E-state index contributed by atoms with van der Waals surface area (Å²) in [7, 11) is 0. The van der Waals surface area contributed by atoms with Crippen molar-refractivity contribution in [2.45, 2.75) is 45.8 Å². The van der Waals surface area contributed by atoms with Gasteiger partial charge in [0.1, 0.15) is 5.60 Å². The third kappa shape index (κ3) is 5.77. The Morgan fingerprint density at radius 1 is 1.24 bits per heavy atom. The van der Waals surface area contributed by atoms with Crippen molar-refractivity contribution in [2.75, 3.05) is 18.4 Å². The number of Topliss-reactive ketones (excluding diaryl/α,β-unsaturated/α-hetero) is 1. The Labute approximate surface area is 147 Å². The molecule has 1 aliphatic heterocycles. The molecule has 0 aromatic heterocycles. The van der Waals surface area contributed by atoms with Gasteiger partial charge in [-0.25, -0.2) is 9.59 Å². The zero-order chi connectivity index (χ0) is 18.6. The first-order valence-electron chi connectivity index (χ1n) is 8.30. The van der Waals surface area contributed by atoms with Crippen LogP contribution in [-0.2, 0) is 4.74 Å². The molecule has 2 rings (SSSR count). The minimum atomic E-state index is -0.540. The number of hydrogen-bond donors (Lipinski definition) is 2. The van der Waals surface area contributed by atoms with Crippen LogP contribution in [0.4, 0.5) is 15.3 Å². The average molecular weight is 347 g/mol. The molecule has 0 spiro atoms. The monoisotopic (exact) mass is 347 g/mol. The first-order valence-corrected chi connectivity index (χ1v) is 8.30. The Balaban J connectivity index is 1.85. The summed E-state index contributed by atoms with van der Waals surface area (Å²) in [5.41, 5.74) is 0.545. The molecule has 0 unspecified atom stereocenters. The van der Waals surface area contributed by atoms with Gasteiger partial charge in [0, 0.05) is 30.4 Å². The highest BCUT2D eigenvalue weighted by atomic mass is 16.6. The lowest BCUT2D eigenvalue weighted by molar-refractivity contribution is 0.0291. The van der Waals surface area contributed by atoms with Gasteiger partial charge in [-0.15, -0.1) is 0 Å². The lowest BCUT2D eigenvalue weighted by Gasteiger charge is -2.24. The molecular weight excluding hydrogens is 322 g/mol. The molecule has 3 amide bonds. The van der Waals surface area contributed by atoms with Gasteiger partial charge in [-0.1, -0.05) is 12.1 Å². The number of hydrogen-bond acceptors (Lipinski definition) is 4. The maximum atomic E-state index is 12.1. The second-order valence-corrected chi connectivity index (χ2v) is 7.15. The van der Waals surface area contributed by atoms with Crippen LogP contribution in [0.25, 0.3) is 0 Å². The normalized spacial score (nSPS) is 17.1. The topological polar surface area (TPSA) is 87.7 Å². The second kappa shape index (κ2) is 7.55. The van der Waals surface area contributed by atoms with Crippen LogP contribution in [0, 0.1) is 0 Å². The summed E-state index contributed by atoms with van der Waals surface area (Å²) in [6.45, 7) is 7.89. The molecular formula is C18H25N3O4. The fraction of sp³-hybridized carbons (Fsp3) is 0.500. The fourth-order valence-electron chi connectivity index (χ4n) is 2.54. The van der Waals surface area contributed by atoms with Crippen LogP contribution in [-0.4, -0.2) is 47.5 Å². The zero-order valence-electron chi connectivity index (χ0n) is 15.1. The van der Waals surface area contributed by atoms with Crippen molar-refractivity contribution >= 4 is 23.6 Å². The van der Waals surface area contributed by atoms with E-state index in [0.29, 0.717) is 30.8 Å². The summed E-state index contributed by atoms with van der Waals surface area (Å²) in [5, 5.41) is 5.55. The predicted molar refractivity (Wildman–Crippen MR) is 94.8 cm³/mol. The van der Waals surface area contributed by atoms with Crippen LogP contribution in [0.1, 0.15) is 44.5 Å². The number of anilines is 1. The third-order valence-corrected chi connectivity index (χ3v) is 3.70. The number of benzene rings is 1. The summed E-state index contributed by atoms with van der Waals surface area (Å²) in [6.07, 6.45) is 0.298. The van der Waals surface area contributed by atoms with Gasteiger partial charge in [-0.05, 0) is 46.2 Å². The highest BCUT2D eigenvalue weighted by molar-refractivity contribution is 5.96. The van der Waals surface area contributed by atoms with Crippen molar-refractivity contribution in [2.24, 2.45) is 0 Å². The van der Waals surface area contributed by atoms with E-state index in [2.05, 4.69) is 10.6 Å². The molecule has 0 aliphatic carbocycles. The summed E-state index contributed by atoms with van der Waals surface area (Å²) in [4.78, 5) is 37.1. The molecule has 1 heterocycles. The van der Waals surface area contributed by atoms with E-state index in [1.54, 1.807) is 29.2 Å². The number of rotatable bonds is 3. The van der Waals surface area contributed by atoms with Crippen molar-refractivity contribution in [3.63, 3.8) is 0 Å². The number of nitrogens with zero attached hydrogens (tertiary/aromatic N) is 1. The van der Waals surface area contributed by atoms with Crippen molar-refractivity contribution in [1.82, 2.24) is 10.2 Å². The van der Waals surface area contributed by atoms with Crippen molar-refractivity contribution in [3.05, 3.63) is 29.8 Å². The van der Waals surface area contributed by atoms with E-state index >= 15 is 0 Å². The molecule has 1 aromatic carbocycles. The van der Waals surface area contributed by atoms with E-state index in [1.165, 1.54) is 6.92 Å². The number of carbonyl (C=O) groups excluding carboxylic acids is 3. The summed E-state index contributed by atoms with van der Waals surface area (Å²) < 4.78 is 5.33. The van der Waals surface area contributed by atoms with E-state index in [-0.39, 0.29) is 23.9 Å². The lowest BCUT2D eigenvalue weighted by atomic mass is 10.1. The number of ketones is 1. The summed E-state index contributed by atoms with van der Waals surface area (Å²) in [6, 6.07) is 6.25. The summed E-state index contributed by atoms with van der Waals surface area (Å²) >= 11 is 0. The first-order chi connectivity index (χ1) is 11.6. The van der Waals surface area contributed by atoms with Gasteiger partial charge < -0.3 is 20.3 Å². The Morgan fingerprint density at radius 3 is 2.60 bits per heavy atom. The van der Waals surface area contributed by atoms with Gasteiger partial charge in [0.25, 0.3) is 0 Å². The number of likely N-dealkylation sites (tertiary alicyclic amines) is 1. The molecule has 1 saturated heterocycles. The minimum absolute atomic E-state index is 0.0622. The van der Waals surface area contributed by atoms with Crippen LogP contribution in [0.2, 0.25) is 0 Å². The molecule has 7 nitrogen and oxygen atoms in total. The SMILES string of the molecule is CC(=O)c1cccc(NC(=O)N[C@@H]2CCN(C(=O)OC(C)(C)C)C2)c1. The van der Waals surface area contributed by atoms with Gasteiger partial charge in [0.15, 0.2) is 5.78 Å². The summed E-state index contributed by atoms with van der Waals surface area (Å²) in [5.74, 6) is -0.0622. The van der Waals surface area contributed by atoms with Gasteiger partial charge in [0.2, 0.25) is 0 Å². The number of urea groups is 1. The Kier molecular flexibility index (Phi) is 5.66. The fourth-order valence-corrected chi connectivity index (χ4v) is 2.54.